The molecule has 0 saturated heterocycles. The summed E-state index contributed by atoms with van der Waals surface area (Å²) in [4.78, 5) is 28.9. The van der Waals surface area contributed by atoms with Gasteiger partial charge in [0.2, 0.25) is 5.84 Å². The van der Waals surface area contributed by atoms with Crippen molar-refractivity contribution in [3.05, 3.63) is 54.6 Å². The lowest BCUT2D eigenvalue weighted by atomic mass is 10.2. The molecule has 0 spiro atoms. The van der Waals surface area contributed by atoms with Gasteiger partial charge in [-0.15, -0.1) is 0 Å². The quantitative estimate of drug-likeness (QED) is 0.680. The summed E-state index contributed by atoms with van der Waals surface area (Å²) in [6, 6.07) is 15.0. The lowest BCUT2D eigenvalue weighted by molar-refractivity contribution is -0.127. The van der Waals surface area contributed by atoms with Crippen molar-refractivity contribution in [2.24, 2.45) is 4.99 Å². The van der Waals surface area contributed by atoms with E-state index in [-0.39, 0.29) is 17.5 Å². The molecule has 7 nitrogen and oxygen atoms in total. The van der Waals surface area contributed by atoms with Gasteiger partial charge in [-0.2, -0.15) is 0 Å². The Balaban J connectivity index is 1.83. The largest absolute Gasteiger partial charge is 0.493 e. The maximum Gasteiger partial charge on any atom is 0.380 e. The molecule has 1 aliphatic heterocycles. The van der Waals surface area contributed by atoms with Gasteiger partial charge >= 0.3 is 5.97 Å². The maximum atomic E-state index is 12.5. The first-order valence-corrected chi connectivity index (χ1v) is 7.69. The summed E-state index contributed by atoms with van der Waals surface area (Å²) in [6.07, 6.45) is 0. The first kappa shape index (κ1) is 16.5. The molecule has 128 valence electrons. The average molecular weight is 339 g/mol. The fourth-order valence-corrected chi connectivity index (χ4v) is 2.34. The Bertz CT molecular complexity index is 820. The smallest absolute Gasteiger partial charge is 0.380 e. The molecule has 2 aromatic rings. The number of ether oxygens (including phenoxy) is 2. The van der Waals surface area contributed by atoms with Crippen LogP contribution < -0.4 is 19.9 Å². The predicted octanol–water partition coefficient (Wildman–Crippen LogP) is 1.94. The molecule has 1 amide bonds. The van der Waals surface area contributed by atoms with Crippen LogP contribution in [0.5, 0.6) is 11.5 Å². The summed E-state index contributed by atoms with van der Waals surface area (Å²) in [7, 11) is 1.49. The number of rotatable bonds is 4. The van der Waals surface area contributed by atoms with Crippen LogP contribution >= 0.6 is 0 Å². The van der Waals surface area contributed by atoms with Gasteiger partial charge in [-0.1, -0.05) is 30.3 Å². The van der Waals surface area contributed by atoms with Crippen molar-refractivity contribution in [2.45, 2.75) is 13.0 Å². The van der Waals surface area contributed by atoms with E-state index in [1.807, 2.05) is 6.07 Å². The van der Waals surface area contributed by atoms with E-state index < -0.39 is 12.0 Å². The number of carbonyl (C=O) groups excluding carboxylic acids is 2. The Morgan fingerprint density at radius 2 is 1.72 bits per heavy atom. The molecule has 0 aromatic heterocycles. The van der Waals surface area contributed by atoms with E-state index in [1.54, 1.807) is 55.5 Å². The molecule has 0 saturated carbocycles. The first-order valence-electron chi connectivity index (χ1n) is 7.69. The molecule has 0 aliphatic carbocycles. The van der Waals surface area contributed by atoms with Crippen molar-refractivity contribution in [3.8, 4) is 11.5 Å². The van der Waals surface area contributed by atoms with Gasteiger partial charge in [0.15, 0.2) is 11.5 Å². The Hall–Kier alpha value is -3.35. The van der Waals surface area contributed by atoms with E-state index >= 15 is 0 Å². The van der Waals surface area contributed by atoms with Crippen molar-refractivity contribution in [1.82, 2.24) is 5.43 Å². The van der Waals surface area contributed by atoms with Crippen molar-refractivity contribution in [2.75, 3.05) is 12.1 Å². The Morgan fingerprint density at radius 3 is 2.40 bits per heavy atom. The first-order chi connectivity index (χ1) is 12.1. The summed E-state index contributed by atoms with van der Waals surface area (Å²) in [6.45, 7) is 1.62. The maximum absolute atomic E-state index is 12.5. The van der Waals surface area contributed by atoms with Gasteiger partial charge in [-0.3, -0.25) is 10.2 Å². The van der Waals surface area contributed by atoms with Gasteiger partial charge in [0.1, 0.15) is 6.04 Å². The van der Waals surface area contributed by atoms with Crippen LogP contribution in [-0.4, -0.2) is 30.9 Å². The molecule has 0 fully saturated rings. The van der Waals surface area contributed by atoms with Gasteiger partial charge < -0.3 is 9.47 Å². The van der Waals surface area contributed by atoms with Crippen LogP contribution in [0, 0.1) is 0 Å². The Kier molecular flexibility index (Phi) is 4.65. The monoisotopic (exact) mass is 339 g/mol. The summed E-state index contributed by atoms with van der Waals surface area (Å²) < 4.78 is 10.5. The number of hydrogen-bond acceptors (Lipinski definition) is 6. The lowest BCUT2D eigenvalue weighted by Crippen LogP contribution is -2.56. The van der Waals surface area contributed by atoms with Crippen LogP contribution in [0.15, 0.2) is 59.6 Å². The van der Waals surface area contributed by atoms with Crippen LogP contribution in [0.25, 0.3) is 0 Å². The van der Waals surface area contributed by atoms with E-state index in [0.29, 0.717) is 11.4 Å². The van der Waals surface area contributed by atoms with Crippen LogP contribution in [-0.2, 0) is 9.59 Å². The normalized spacial score (nSPS) is 16.7. The minimum Gasteiger partial charge on any atom is -0.493 e. The number of amides is 1. The van der Waals surface area contributed by atoms with Gasteiger partial charge in [-0.05, 0) is 31.2 Å². The highest BCUT2D eigenvalue weighted by molar-refractivity contribution is 6.37. The molecule has 0 unspecified atom stereocenters. The highest BCUT2D eigenvalue weighted by Crippen LogP contribution is 2.26. The van der Waals surface area contributed by atoms with Crippen LogP contribution in [0.3, 0.4) is 0 Å². The molecule has 3 rings (SSSR count). The number of aliphatic imine (C=N–C) groups is 1. The number of anilines is 1. The number of para-hydroxylation sites is 3. The molecule has 2 aromatic carbocycles. The third kappa shape index (κ3) is 3.45. The van der Waals surface area contributed by atoms with Crippen molar-refractivity contribution in [1.29, 1.82) is 0 Å². The highest BCUT2D eigenvalue weighted by atomic mass is 16.6. The van der Waals surface area contributed by atoms with Crippen LogP contribution in [0.2, 0.25) is 0 Å². The minimum atomic E-state index is -0.707. The number of benzene rings is 2. The van der Waals surface area contributed by atoms with Gasteiger partial charge in [0.25, 0.3) is 5.91 Å². The number of amidine groups is 1. The van der Waals surface area contributed by atoms with Gasteiger partial charge in [0.05, 0.1) is 12.8 Å². The zero-order valence-electron chi connectivity index (χ0n) is 13.8. The number of carbonyl (C=O) groups is 2. The fraction of sp³-hybridized carbons (Fsp3) is 0.167. The number of nitrogens with zero attached hydrogens (tertiary/aromatic N) is 2. The lowest BCUT2D eigenvalue weighted by Gasteiger charge is -2.30. The fourth-order valence-electron chi connectivity index (χ4n) is 2.34. The molecule has 0 bridgehead atoms. The number of methoxy groups -OCH3 is 1. The van der Waals surface area contributed by atoms with Crippen LogP contribution in [0.4, 0.5) is 5.69 Å². The second-order valence-corrected chi connectivity index (χ2v) is 5.32. The Labute approximate surface area is 144 Å². The zero-order valence-corrected chi connectivity index (χ0v) is 13.8. The standard InChI is InChI=1S/C18H17N3O4/c1-12-17(22)21(13-8-4-3-5-9-13)20-16(19-12)18(23)25-15-11-7-6-10-14(15)24-2/h3-12H,1-2H3,(H,19,20)/t12-/m0/s1. The van der Waals surface area contributed by atoms with Crippen LogP contribution in [0.1, 0.15) is 6.92 Å². The van der Waals surface area contributed by atoms with Gasteiger partial charge in [-0.25, -0.2) is 14.8 Å². The summed E-state index contributed by atoms with van der Waals surface area (Å²) in [5, 5.41) is 1.29. The third-order valence-corrected chi connectivity index (χ3v) is 3.60. The van der Waals surface area contributed by atoms with E-state index in [0.717, 1.165) is 0 Å². The van der Waals surface area contributed by atoms with E-state index in [2.05, 4.69) is 10.4 Å². The minimum absolute atomic E-state index is 0.0538. The average Bonchev–Trinajstić information content (AvgIpc) is 2.65. The second kappa shape index (κ2) is 7.04. The highest BCUT2D eigenvalue weighted by Gasteiger charge is 2.31. The number of esters is 1. The van der Waals surface area contributed by atoms with Crippen molar-refractivity contribution >= 4 is 23.4 Å². The summed E-state index contributed by atoms with van der Waals surface area (Å²) in [5.74, 6) is -0.321. The van der Waals surface area contributed by atoms with E-state index in [4.69, 9.17) is 9.47 Å². The molecule has 1 heterocycles. The van der Waals surface area contributed by atoms with Crippen molar-refractivity contribution in [3.63, 3.8) is 0 Å². The molecular formula is C18H17N3O4. The Morgan fingerprint density at radius 1 is 1.08 bits per heavy atom. The summed E-state index contributed by atoms with van der Waals surface area (Å²) >= 11 is 0. The number of hydrogen-bond donors (Lipinski definition) is 1. The zero-order chi connectivity index (χ0) is 17.8. The molecule has 1 N–H and O–H groups in total. The molecular weight excluding hydrogens is 322 g/mol. The topological polar surface area (TPSA) is 80.2 Å². The molecule has 1 atom stereocenters. The van der Waals surface area contributed by atoms with Crippen molar-refractivity contribution < 1.29 is 19.1 Å². The SMILES string of the molecule is COc1ccccc1OC(=O)C1=N[C@@H](C)C(=O)N(c2ccccc2)N1. The van der Waals surface area contributed by atoms with Gasteiger partial charge in [0, 0.05) is 0 Å². The number of hydrazine groups is 1. The predicted molar refractivity (Wildman–Crippen MR) is 92.6 cm³/mol. The molecule has 25 heavy (non-hydrogen) atoms. The molecule has 1 aliphatic rings. The van der Waals surface area contributed by atoms with E-state index in [1.165, 1.54) is 12.1 Å². The second-order valence-electron chi connectivity index (χ2n) is 5.32. The molecule has 7 heteroatoms. The van der Waals surface area contributed by atoms with E-state index in [9.17, 15) is 9.59 Å². The molecule has 0 radical (unpaired) electrons. The summed E-state index contributed by atoms with van der Waals surface area (Å²) in [5.41, 5.74) is 3.33. The number of nitrogens with one attached hydrogen (secondary N) is 1. The third-order valence-electron chi connectivity index (χ3n) is 3.60.